The molecule has 0 saturated heterocycles. The summed E-state index contributed by atoms with van der Waals surface area (Å²) in [6.45, 7) is 1.73. The Labute approximate surface area is 135 Å². The van der Waals surface area contributed by atoms with Gasteiger partial charge in [0.25, 0.3) is 5.91 Å². The van der Waals surface area contributed by atoms with E-state index in [1.54, 1.807) is 0 Å². The number of hydrogen-bond acceptors (Lipinski definition) is 4. The first-order valence-electron chi connectivity index (χ1n) is 6.64. The molecular weight excluding hydrogens is 359 g/mol. The van der Waals surface area contributed by atoms with Crippen LogP contribution in [0.2, 0.25) is 0 Å². The van der Waals surface area contributed by atoms with Crippen molar-refractivity contribution in [2.45, 2.75) is 19.8 Å². The Hall–Kier alpha value is -1.96. The monoisotopic (exact) mass is 374 g/mol. The van der Waals surface area contributed by atoms with E-state index in [9.17, 15) is 18.8 Å². The first kappa shape index (κ1) is 18.1. The second kappa shape index (κ2) is 9.14. The van der Waals surface area contributed by atoms with Gasteiger partial charge in [-0.1, -0.05) is 29.3 Å². The normalized spacial score (nSPS) is 9.95. The number of halogens is 2. The van der Waals surface area contributed by atoms with Crippen molar-refractivity contribution >= 4 is 33.8 Å². The van der Waals surface area contributed by atoms with Crippen molar-refractivity contribution in [3.8, 4) is 0 Å². The maximum Gasteiger partial charge on any atom is 0.341 e. The molecule has 0 spiro atoms. The van der Waals surface area contributed by atoms with Crippen molar-refractivity contribution in [1.29, 1.82) is 0 Å². The summed E-state index contributed by atoms with van der Waals surface area (Å²) >= 11 is 3.10. The van der Waals surface area contributed by atoms with Crippen LogP contribution in [-0.4, -0.2) is 31.1 Å². The number of amides is 3. The molecule has 0 heterocycles. The molecule has 22 heavy (non-hydrogen) atoms. The largest absolute Gasteiger partial charge is 0.452 e. The number of carbonyl (C=O) groups is 3. The van der Waals surface area contributed by atoms with Crippen molar-refractivity contribution < 1.29 is 23.5 Å². The standard InChI is InChI=1S/C14H16BrFN2O4/c1-2-3-6-17-14(21)18-12(19)8-22-13(20)10-7-9(15)4-5-11(10)16/h4-5,7H,2-3,6,8H2,1H3,(H2,17,18,19,21). The number of benzene rings is 1. The smallest absolute Gasteiger partial charge is 0.341 e. The predicted molar refractivity (Wildman–Crippen MR) is 80.8 cm³/mol. The fraction of sp³-hybridized carbons (Fsp3) is 0.357. The highest BCUT2D eigenvalue weighted by molar-refractivity contribution is 9.10. The average Bonchev–Trinajstić information content (AvgIpc) is 2.47. The lowest BCUT2D eigenvalue weighted by Gasteiger charge is -2.07. The van der Waals surface area contributed by atoms with Crippen LogP contribution in [0.4, 0.5) is 9.18 Å². The van der Waals surface area contributed by atoms with Crippen LogP contribution >= 0.6 is 15.9 Å². The zero-order valence-corrected chi connectivity index (χ0v) is 13.5. The fourth-order valence-electron chi connectivity index (χ4n) is 1.45. The molecule has 6 nitrogen and oxygen atoms in total. The minimum Gasteiger partial charge on any atom is -0.452 e. The van der Waals surface area contributed by atoms with Gasteiger partial charge in [0.05, 0.1) is 5.56 Å². The van der Waals surface area contributed by atoms with E-state index in [0.29, 0.717) is 11.0 Å². The molecule has 0 aliphatic carbocycles. The molecular formula is C14H16BrFN2O4. The number of unbranched alkanes of at least 4 members (excludes halogenated alkanes) is 1. The van der Waals surface area contributed by atoms with Gasteiger partial charge in [-0.05, 0) is 24.6 Å². The third-order valence-corrected chi connectivity index (χ3v) is 3.04. The molecule has 1 aromatic carbocycles. The number of ether oxygens (including phenoxy) is 1. The quantitative estimate of drug-likeness (QED) is 0.591. The van der Waals surface area contributed by atoms with E-state index in [1.165, 1.54) is 12.1 Å². The Morgan fingerprint density at radius 3 is 2.73 bits per heavy atom. The van der Waals surface area contributed by atoms with E-state index in [0.717, 1.165) is 18.9 Å². The minimum atomic E-state index is -0.986. The highest BCUT2D eigenvalue weighted by atomic mass is 79.9. The van der Waals surface area contributed by atoms with Gasteiger partial charge in [-0.2, -0.15) is 0 Å². The number of urea groups is 1. The lowest BCUT2D eigenvalue weighted by Crippen LogP contribution is -2.41. The predicted octanol–water partition coefficient (Wildman–Crippen LogP) is 2.37. The molecule has 0 aliphatic rings. The van der Waals surface area contributed by atoms with Crippen molar-refractivity contribution in [3.63, 3.8) is 0 Å². The Balaban J connectivity index is 2.42. The topological polar surface area (TPSA) is 84.5 Å². The molecule has 1 aromatic rings. The number of carbonyl (C=O) groups excluding carboxylic acids is 3. The van der Waals surface area contributed by atoms with Gasteiger partial charge in [-0.3, -0.25) is 10.1 Å². The lowest BCUT2D eigenvalue weighted by molar-refractivity contribution is -0.123. The lowest BCUT2D eigenvalue weighted by atomic mass is 10.2. The number of rotatable bonds is 6. The van der Waals surface area contributed by atoms with E-state index in [1.807, 2.05) is 12.2 Å². The van der Waals surface area contributed by atoms with Crippen molar-refractivity contribution in [2.24, 2.45) is 0 Å². The summed E-state index contributed by atoms with van der Waals surface area (Å²) < 4.78 is 18.6. The van der Waals surface area contributed by atoms with Crippen LogP contribution in [-0.2, 0) is 9.53 Å². The fourth-order valence-corrected chi connectivity index (χ4v) is 1.81. The molecule has 0 bridgehead atoms. The second-order valence-corrected chi connectivity index (χ2v) is 5.27. The first-order valence-corrected chi connectivity index (χ1v) is 7.43. The molecule has 0 unspecified atom stereocenters. The number of nitrogens with one attached hydrogen (secondary N) is 2. The number of imide groups is 1. The summed E-state index contributed by atoms with van der Waals surface area (Å²) in [4.78, 5) is 34.4. The minimum absolute atomic E-state index is 0.297. The number of esters is 1. The van der Waals surface area contributed by atoms with E-state index in [2.05, 4.69) is 26.0 Å². The zero-order valence-electron chi connectivity index (χ0n) is 11.9. The molecule has 8 heteroatoms. The summed E-state index contributed by atoms with van der Waals surface area (Å²) in [6, 6.07) is 3.11. The molecule has 0 atom stereocenters. The van der Waals surface area contributed by atoms with Crippen LogP contribution < -0.4 is 10.6 Å². The van der Waals surface area contributed by atoms with Crippen LogP contribution in [0, 0.1) is 5.82 Å². The van der Waals surface area contributed by atoms with Crippen LogP contribution in [0.3, 0.4) is 0 Å². The molecule has 120 valence electrons. The van der Waals surface area contributed by atoms with Gasteiger partial charge in [0.15, 0.2) is 6.61 Å². The number of hydrogen-bond donors (Lipinski definition) is 2. The van der Waals surface area contributed by atoms with Crippen molar-refractivity contribution in [1.82, 2.24) is 10.6 Å². The Kier molecular flexibility index (Phi) is 7.51. The molecule has 0 aromatic heterocycles. The maximum atomic E-state index is 13.4. The van der Waals surface area contributed by atoms with Crippen molar-refractivity contribution in [2.75, 3.05) is 13.2 Å². The molecule has 0 aliphatic heterocycles. The summed E-state index contributed by atoms with van der Waals surface area (Å²) in [7, 11) is 0. The molecule has 2 N–H and O–H groups in total. The molecule has 0 radical (unpaired) electrons. The third kappa shape index (κ3) is 6.21. The highest BCUT2D eigenvalue weighted by Gasteiger charge is 2.16. The van der Waals surface area contributed by atoms with Crippen LogP contribution in [0.5, 0.6) is 0 Å². The molecule has 0 fully saturated rings. The molecule has 3 amide bonds. The first-order chi connectivity index (χ1) is 10.4. The van der Waals surface area contributed by atoms with Gasteiger partial charge in [0, 0.05) is 11.0 Å². The van der Waals surface area contributed by atoms with E-state index >= 15 is 0 Å². The van der Waals surface area contributed by atoms with Gasteiger partial charge < -0.3 is 10.1 Å². The second-order valence-electron chi connectivity index (χ2n) is 4.36. The molecule has 0 saturated carbocycles. The van der Waals surface area contributed by atoms with E-state index in [-0.39, 0.29) is 5.56 Å². The highest BCUT2D eigenvalue weighted by Crippen LogP contribution is 2.16. The summed E-state index contributed by atoms with van der Waals surface area (Å²) in [6.07, 6.45) is 1.70. The Bertz CT molecular complexity index is 566. The zero-order chi connectivity index (χ0) is 16.5. The SMILES string of the molecule is CCCCNC(=O)NC(=O)COC(=O)c1cc(Br)ccc1F. The third-order valence-electron chi connectivity index (χ3n) is 2.55. The Morgan fingerprint density at radius 2 is 2.05 bits per heavy atom. The van der Waals surface area contributed by atoms with E-state index < -0.39 is 30.3 Å². The van der Waals surface area contributed by atoms with Gasteiger partial charge in [-0.25, -0.2) is 14.0 Å². The average molecular weight is 375 g/mol. The van der Waals surface area contributed by atoms with Crippen LogP contribution in [0.15, 0.2) is 22.7 Å². The van der Waals surface area contributed by atoms with Gasteiger partial charge in [-0.15, -0.1) is 0 Å². The summed E-state index contributed by atoms with van der Waals surface area (Å²) in [5.41, 5.74) is -0.297. The van der Waals surface area contributed by atoms with E-state index in [4.69, 9.17) is 0 Å². The van der Waals surface area contributed by atoms with Gasteiger partial charge in [0.2, 0.25) is 0 Å². The van der Waals surface area contributed by atoms with Gasteiger partial charge >= 0.3 is 12.0 Å². The molecule has 1 rings (SSSR count). The van der Waals surface area contributed by atoms with Crippen molar-refractivity contribution in [3.05, 3.63) is 34.1 Å². The van der Waals surface area contributed by atoms with Crippen LogP contribution in [0.25, 0.3) is 0 Å². The summed E-state index contributed by atoms with van der Waals surface area (Å²) in [5, 5.41) is 4.48. The van der Waals surface area contributed by atoms with Gasteiger partial charge in [0.1, 0.15) is 5.82 Å². The Morgan fingerprint density at radius 1 is 1.32 bits per heavy atom. The maximum absolute atomic E-state index is 13.4. The van der Waals surface area contributed by atoms with Crippen LogP contribution in [0.1, 0.15) is 30.1 Å². The summed E-state index contributed by atoms with van der Waals surface area (Å²) in [5.74, 6) is -2.54.